The van der Waals surface area contributed by atoms with Crippen LogP contribution < -0.4 is 22.3 Å². The van der Waals surface area contributed by atoms with Crippen molar-refractivity contribution in [3.63, 3.8) is 0 Å². The highest BCUT2D eigenvalue weighted by atomic mass is 35.5. The van der Waals surface area contributed by atoms with E-state index in [1.54, 1.807) is 31.2 Å². The molecular formula is C22H18ClFN8O. The first-order chi connectivity index (χ1) is 15.8. The third-order valence-corrected chi connectivity index (χ3v) is 5.42. The SMILES string of the molecule is Cc1c(F)cccc1-n1c(CCNc2nc(N)nc(N)c2C#N)nc2cccc(Cl)c2c1=O. The van der Waals surface area contributed by atoms with Crippen LogP contribution in [-0.4, -0.2) is 26.1 Å². The molecule has 5 N–H and O–H groups in total. The highest BCUT2D eigenvalue weighted by Gasteiger charge is 2.18. The molecule has 2 aromatic heterocycles. The molecule has 9 nitrogen and oxygen atoms in total. The fourth-order valence-electron chi connectivity index (χ4n) is 3.52. The summed E-state index contributed by atoms with van der Waals surface area (Å²) in [5, 5.41) is 12.8. The van der Waals surface area contributed by atoms with Crippen LogP contribution in [0.4, 0.5) is 22.0 Å². The molecule has 0 saturated heterocycles. The topological polar surface area (TPSA) is 149 Å². The Morgan fingerprint density at radius 3 is 2.70 bits per heavy atom. The lowest BCUT2D eigenvalue weighted by Crippen LogP contribution is -2.26. The fourth-order valence-corrected chi connectivity index (χ4v) is 3.77. The number of nitrogens with two attached hydrogens (primary N) is 2. The van der Waals surface area contributed by atoms with Gasteiger partial charge in [-0.25, -0.2) is 9.37 Å². The average Bonchev–Trinajstić information content (AvgIpc) is 2.76. The highest BCUT2D eigenvalue weighted by molar-refractivity contribution is 6.35. The van der Waals surface area contributed by atoms with E-state index in [1.165, 1.54) is 16.7 Å². The third kappa shape index (κ3) is 4.02. The van der Waals surface area contributed by atoms with Crippen molar-refractivity contribution in [3.05, 3.63) is 74.5 Å². The van der Waals surface area contributed by atoms with Crippen LogP contribution in [0, 0.1) is 24.1 Å². The molecule has 11 heteroatoms. The van der Waals surface area contributed by atoms with Crippen molar-refractivity contribution < 1.29 is 4.39 Å². The molecule has 0 aliphatic carbocycles. The monoisotopic (exact) mass is 464 g/mol. The lowest BCUT2D eigenvalue weighted by molar-refractivity contribution is 0.615. The van der Waals surface area contributed by atoms with Gasteiger partial charge in [-0.1, -0.05) is 23.7 Å². The Bertz CT molecular complexity index is 1490. The van der Waals surface area contributed by atoms with Gasteiger partial charge in [0, 0.05) is 18.5 Å². The molecule has 166 valence electrons. The molecule has 4 rings (SSSR count). The van der Waals surface area contributed by atoms with Gasteiger partial charge in [0.25, 0.3) is 5.56 Å². The second kappa shape index (κ2) is 8.72. The molecule has 0 aliphatic rings. The Morgan fingerprint density at radius 1 is 1.18 bits per heavy atom. The van der Waals surface area contributed by atoms with Crippen molar-refractivity contribution >= 4 is 40.1 Å². The second-order valence-electron chi connectivity index (χ2n) is 7.17. The molecule has 0 fully saturated rings. The van der Waals surface area contributed by atoms with Crippen LogP contribution >= 0.6 is 11.6 Å². The summed E-state index contributed by atoms with van der Waals surface area (Å²) < 4.78 is 15.7. The number of aromatic nitrogens is 4. The molecule has 4 aromatic rings. The Morgan fingerprint density at radius 2 is 1.94 bits per heavy atom. The smallest absolute Gasteiger partial charge is 0.267 e. The maximum Gasteiger partial charge on any atom is 0.267 e. The molecule has 2 heterocycles. The van der Waals surface area contributed by atoms with E-state index in [0.29, 0.717) is 22.6 Å². The first-order valence-electron chi connectivity index (χ1n) is 9.84. The summed E-state index contributed by atoms with van der Waals surface area (Å²) in [5.74, 6) is -0.0435. The van der Waals surface area contributed by atoms with Gasteiger partial charge >= 0.3 is 0 Å². The molecule has 2 aromatic carbocycles. The first-order valence-corrected chi connectivity index (χ1v) is 10.2. The molecule has 0 atom stereocenters. The van der Waals surface area contributed by atoms with Crippen molar-refractivity contribution in [1.82, 2.24) is 19.5 Å². The third-order valence-electron chi connectivity index (χ3n) is 5.10. The number of nitrogens with one attached hydrogen (secondary N) is 1. The van der Waals surface area contributed by atoms with Crippen molar-refractivity contribution in [3.8, 4) is 11.8 Å². The average molecular weight is 465 g/mol. The van der Waals surface area contributed by atoms with E-state index in [4.69, 9.17) is 23.1 Å². The number of benzene rings is 2. The zero-order chi connectivity index (χ0) is 23.7. The summed E-state index contributed by atoms with van der Waals surface area (Å²) in [4.78, 5) is 25.9. The number of halogens is 2. The normalized spacial score (nSPS) is 10.8. The molecule has 33 heavy (non-hydrogen) atoms. The molecule has 0 bridgehead atoms. The highest BCUT2D eigenvalue weighted by Crippen LogP contribution is 2.23. The van der Waals surface area contributed by atoms with Crippen LogP contribution in [-0.2, 0) is 6.42 Å². The number of hydrogen-bond acceptors (Lipinski definition) is 8. The summed E-state index contributed by atoms with van der Waals surface area (Å²) in [6.45, 7) is 1.80. The Hall–Kier alpha value is -4.23. The standard InChI is InChI=1S/C22H18ClFN8O/c1-11-14(24)5-3-7-16(11)32-17(29-15-6-2-4-13(23)18(15)21(32)33)8-9-28-20-12(10-25)19(26)30-22(27)31-20/h2-7H,8-9H2,1H3,(H5,26,27,28,30,31). The zero-order valence-electron chi connectivity index (χ0n) is 17.4. The Labute approximate surface area is 192 Å². The van der Waals surface area contributed by atoms with Gasteiger partial charge in [0.05, 0.1) is 21.6 Å². The maximum atomic E-state index is 14.3. The number of hydrogen-bond donors (Lipinski definition) is 3. The lowest BCUT2D eigenvalue weighted by Gasteiger charge is -2.17. The van der Waals surface area contributed by atoms with Crippen LogP contribution in [0.15, 0.2) is 41.2 Å². The van der Waals surface area contributed by atoms with Gasteiger partial charge in [-0.05, 0) is 31.2 Å². The van der Waals surface area contributed by atoms with Gasteiger partial charge in [0.2, 0.25) is 5.95 Å². The number of rotatable bonds is 5. The summed E-state index contributed by atoms with van der Waals surface area (Å²) in [6.07, 6.45) is 0.225. The molecular weight excluding hydrogens is 447 g/mol. The number of fused-ring (bicyclic) bond motifs is 1. The lowest BCUT2D eigenvalue weighted by atomic mass is 10.1. The summed E-state index contributed by atoms with van der Waals surface area (Å²) >= 11 is 6.28. The van der Waals surface area contributed by atoms with Crippen LogP contribution in [0.2, 0.25) is 5.02 Å². The number of nitrogens with zero attached hydrogens (tertiary/aromatic N) is 5. The van der Waals surface area contributed by atoms with E-state index in [0.717, 1.165) is 0 Å². The van der Waals surface area contributed by atoms with E-state index in [1.807, 2.05) is 6.07 Å². The van der Waals surface area contributed by atoms with Crippen LogP contribution in [0.1, 0.15) is 17.0 Å². The van der Waals surface area contributed by atoms with E-state index >= 15 is 0 Å². The van der Waals surface area contributed by atoms with Crippen molar-refractivity contribution in [2.75, 3.05) is 23.3 Å². The molecule has 0 saturated carbocycles. The van der Waals surface area contributed by atoms with Gasteiger partial charge in [0.15, 0.2) is 5.82 Å². The fraction of sp³-hybridized carbons (Fsp3) is 0.136. The largest absolute Gasteiger partial charge is 0.382 e. The Kier molecular flexibility index (Phi) is 5.81. The van der Waals surface area contributed by atoms with Crippen LogP contribution in [0.3, 0.4) is 0 Å². The quantitative estimate of drug-likeness (QED) is 0.408. The van der Waals surface area contributed by atoms with Gasteiger partial charge in [-0.3, -0.25) is 9.36 Å². The Balaban J connectivity index is 1.80. The van der Waals surface area contributed by atoms with E-state index in [-0.39, 0.29) is 46.5 Å². The predicted molar refractivity (Wildman–Crippen MR) is 125 cm³/mol. The molecule has 0 unspecified atom stereocenters. The minimum Gasteiger partial charge on any atom is -0.382 e. The maximum absolute atomic E-state index is 14.3. The van der Waals surface area contributed by atoms with E-state index < -0.39 is 11.4 Å². The summed E-state index contributed by atoms with van der Waals surface area (Å²) in [5.41, 5.74) is 12.1. The molecule has 0 amide bonds. The van der Waals surface area contributed by atoms with Crippen molar-refractivity contribution in [1.29, 1.82) is 5.26 Å². The number of anilines is 3. The minimum atomic E-state index is -0.451. The number of nitrogen functional groups attached to an aromatic ring is 2. The van der Waals surface area contributed by atoms with E-state index in [2.05, 4.69) is 20.3 Å². The van der Waals surface area contributed by atoms with Crippen LogP contribution in [0.25, 0.3) is 16.6 Å². The van der Waals surface area contributed by atoms with Gasteiger partial charge in [0.1, 0.15) is 29.1 Å². The number of nitriles is 1. The second-order valence-corrected chi connectivity index (χ2v) is 7.57. The van der Waals surface area contributed by atoms with Gasteiger partial charge in [-0.15, -0.1) is 0 Å². The molecule has 0 spiro atoms. The van der Waals surface area contributed by atoms with Gasteiger partial charge < -0.3 is 16.8 Å². The first kappa shape index (κ1) is 22.0. The van der Waals surface area contributed by atoms with Crippen LogP contribution in [0.5, 0.6) is 0 Å². The molecule has 0 radical (unpaired) electrons. The minimum absolute atomic E-state index is 0.0433. The van der Waals surface area contributed by atoms with Crippen molar-refractivity contribution in [2.45, 2.75) is 13.3 Å². The molecule has 0 aliphatic heterocycles. The summed E-state index contributed by atoms with van der Waals surface area (Å²) in [6, 6.07) is 11.4. The van der Waals surface area contributed by atoms with Gasteiger partial charge in [-0.2, -0.15) is 15.2 Å². The zero-order valence-corrected chi connectivity index (χ0v) is 18.2. The summed E-state index contributed by atoms with van der Waals surface area (Å²) in [7, 11) is 0. The predicted octanol–water partition coefficient (Wildman–Crippen LogP) is 2.97. The van der Waals surface area contributed by atoms with E-state index in [9.17, 15) is 14.4 Å². The van der Waals surface area contributed by atoms with Crippen molar-refractivity contribution in [2.24, 2.45) is 0 Å².